The van der Waals surface area contributed by atoms with Gasteiger partial charge in [0.2, 0.25) is 0 Å². The molecule has 0 aromatic carbocycles. The zero-order chi connectivity index (χ0) is 13.0. The molecule has 17 heavy (non-hydrogen) atoms. The molecule has 1 fully saturated rings. The molecule has 1 saturated heterocycles. The minimum atomic E-state index is -0.413. The highest BCUT2D eigenvalue weighted by Crippen LogP contribution is 2.14. The SMILES string of the molecule is CC(C)NC(=O)O[C@H]1CCN(C(=O)N(C)C)C1. The van der Waals surface area contributed by atoms with Crippen LogP contribution >= 0.6 is 0 Å². The van der Waals surface area contributed by atoms with Crippen LogP contribution in [0.5, 0.6) is 0 Å². The van der Waals surface area contributed by atoms with Crippen molar-refractivity contribution in [1.82, 2.24) is 15.1 Å². The maximum Gasteiger partial charge on any atom is 0.407 e. The molecule has 0 unspecified atom stereocenters. The largest absolute Gasteiger partial charge is 0.444 e. The number of carbonyl (C=O) groups excluding carboxylic acids is 2. The van der Waals surface area contributed by atoms with Crippen LogP contribution in [0, 0.1) is 0 Å². The molecule has 1 aliphatic heterocycles. The Morgan fingerprint density at radius 3 is 2.59 bits per heavy atom. The molecule has 1 aliphatic rings. The molecule has 0 radical (unpaired) electrons. The van der Waals surface area contributed by atoms with Crippen molar-refractivity contribution < 1.29 is 14.3 Å². The Morgan fingerprint density at radius 1 is 1.41 bits per heavy atom. The van der Waals surface area contributed by atoms with Crippen LogP contribution in [-0.2, 0) is 4.74 Å². The van der Waals surface area contributed by atoms with Crippen LogP contribution in [0.1, 0.15) is 20.3 Å². The number of likely N-dealkylation sites (tertiary alicyclic amines) is 1. The molecule has 0 bridgehead atoms. The molecular formula is C11H21N3O3. The second-order valence-corrected chi connectivity index (χ2v) is 4.74. The predicted octanol–water partition coefficient (Wildman–Crippen LogP) is 0.877. The van der Waals surface area contributed by atoms with Gasteiger partial charge in [0.05, 0.1) is 6.54 Å². The molecule has 1 heterocycles. The van der Waals surface area contributed by atoms with Crippen LogP contribution in [0.3, 0.4) is 0 Å². The van der Waals surface area contributed by atoms with Crippen LogP contribution in [0.15, 0.2) is 0 Å². The maximum absolute atomic E-state index is 11.6. The topological polar surface area (TPSA) is 61.9 Å². The smallest absolute Gasteiger partial charge is 0.407 e. The molecule has 0 aromatic heterocycles. The highest BCUT2D eigenvalue weighted by Gasteiger charge is 2.29. The van der Waals surface area contributed by atoms with Crippen LogP contribution in [-0.4, -0.2) is 61.3 Å². The summed E-state index contributed by atoms with van der Waals surface area (Å²) in [5.41, 5.74) is 0. The Balaban J connectivity index is 2.35. The summed E-state index contributed by atoms with van der Waals surface area (Å²) >= 11 is 0. The van der Waals surface area contributed by atoms with Crippen molar-refractivity contribution in [2.24, 2.45) is 0 Å². The molecule has 1 N–H and O–H groups in total. The highest BCUT2D eigenvalue weighted by molar-refractivity contribution is 5.74. The van der Waals surface area contributed by atoms with Gasteiger partial charge in [0.15, 0.2) is 0 Å². The Bertz CT molecular complexity index is 292. The molecule has 6 nitrogen and oxygen atoms in total. The zero-order valence-electron chi connectivity index (χ0n) is 10.9. The van der Waals surface area contributed by atoms with E-state index in [1.165, 1.54) is 4.90 Å². The lowest BCUT2D eigenvalue weighted by Crippen LogP contribution is -2.39. The van der Waals surface area contributed by atoms with Gasteiger partial charge in [0, 0.05) is 33.1 Å². The Hall–Kier alpha value is -1.46. The zero-order valence-corrected chi connectivity index (χ0v) is 10.9. The number of rotatable bonds is 2. The first-order chi connectivity index (χ1) is 7.90. The number of carbonyl (C=O) groups is 2. The summed E-state index contributed by atoms with van der Waals surface area (Å²) < 4.78 is 5.22. The van der Waals surface area contributed by atoms with Crippen LogP contribution in [0.4, 0.5) is 9.59 Å². The third kappa shape index (κ3) is 4.13. The fraction of sp³-hybridized carbons (Fsp3) is 0.818. The van der Waals surface area contributed by atoms with E-state index in [-0.39, 0.29) is 18.2 Å². The summed E-state index contributed by atoms with van der Waals surface area (Å²) in [6.07, 6.45) is 0.0901. The Kier molecular flexibility index (Phi) is 4.60. The van der Waals surface area contributed by atoms with Gasteiger partial charge in [-0.2, -0.15) is 0 Å². The van der Waals surface area contributed by atoms with Crippen molar-refractivity contribution in [1.29, 1.82) is 0 Å². The van der Waals surface area contributed by atoms with Gasteiger partial charge in [-0.15, -0.1) is 0 Å². The number of ether oxygens (including phenoxy) is 1. The number of nitrogens with one attached hydrogen (secondary N) is 1. The van der Waals surface area contributed by atoms with E-state index in [4.69, 9.17) is 4.74 Å². The lowest BCUT2D eigenvalue weighted by Gasteiger charge is -2.21. The van der Waals surface area contributed by atoms with Gasteiger partial charge in [-0.05, 0) is 13.8 Å². The number of hydrogen-bond donors (Lipinski definition) is 1. The molecular weight excluding hydrogens is 222 g/mol. The molecule has 1 rings (SSSR count). The van der Waals surface area contributed by atoms with Crippen molar-refractivity contribution in [2.45, 2.75) is 32.4 Å². The normalized spacial score (nSPS) is 19.4. The van der Waals surface area contributed by atoms with Crippen LogP contribution in [0.25, 0.3) is 0 Å². The predicted molar refractivity (Wildman–Crippen MR) is 63.8 cm³/mol. The van der Waals surface area contributed by atoms with Gasteiger partial charge in [0.1, 0.15) is 6.10 Å². The number of amides is 3. The summed E-state index contributed by atoms with van der Waals surface area (Å²) in [7, 11) is 3.42. The van der Waals surface area contributed by atoms with Gasteiger partial charge in [0.25, 0.3) is 0 Å². The number of urea groups is 1. The second-order valence-electron chi connectivity index (χ2n) is 4.74. The minimum absolute atomic E-state index is 0.0413. The lowest BCUT2D eigenvalue weighted by molar-refractivity contribution is 0.0984. The second kappa shape index (κ2) is 5.75. The Morgan fingerprint density at radius 2 is 2.06 bits per heavy atom. The first-order valence-corrected chi connectivity index (χ1v) is 5.83. The fourth-order valence-corrected chi connectivity index (χ4v) is 1.70. The standard InChI is InChI=1S/C11H21N3O3/c1-8(2)12-10(15)17-9-5-6-14(7-9)11(16)13(3)4/h8-9H,5-7H2,1-4H3,(H,12,15)/t9-/m0/s1. The molecule has 0 aromatic rings. The quantitative estimate of drug-likeness (QED) is 0.783. The van der Waals surface area contributed by atoms with Crippen molar-refractivity contribution in [3.05, 3.63) is 0 Å². The average molecular weight is 243 g/mol. The first kappa shape index (κ1) is 13.6. The number of alkyl carbamates (subject to hydrolysis) is 1. The van der Waals surface area contributed by atoms with Gasteiger partial charge in [-0.25, -0.2) is 9.59 Å². The lowest BCUT2D eigenvalue weighted by atomic mass is 10.3. The Labute approximate surface area is 102 Å². The highest BCUT2D eigenvalue weighted by atomic mass is 16.6. The van der Waals surface area contributed by atoms with E-state index in [0.717, 1.165) is 0 Å². The van der Waals surface area contributed by atoms with E-state index in [0.29, 0.717) is 19.5 Å². The molecule has 98 valence electrons. The fourth-order valence-electron chi connectivity index (χ4n) is 1.70. The van der Waals surface area contributed by atoms with E-state index >= 15 is 0 Å². The summed E-state index contributed by atoms with van der Waals surface area (Å²) in [5.74, 6) is 0. The van der Waals surface area contributed by atoms with Crippen LogP contribution in [0.2, 0.25) is 0 Å². The third-order valence-corrected chi connectivity index (χ3v) is 2.48. The monoisotopic (exact) mass is 243 g/mol. The summed E-state index contributed by atoms with van der Waals surface area (Å²) in [4.78, 5) is 26.2. The molecule has 3 amide bonds. The van der Waals surface area contributed by atoms with Gasteiger partial charge < -0.3 is 19.9 Å². The molecule has 6 heteroatoms. The number of nitrogens with zero attached hydrogens (tertiary/aromatic N) is 2. The van der Waals surface area contributed by atoms with E-state index in [9.17, 15) is 9.59 Å². The van der Waals surface area contributed by atoms with Crippen molar-refractivity contribution in [2.75, 3.05) is 27.2 Å². The van der Waals surface area contributed by atoms with Crippen LogP contribution < -0.4 is 5.32 Å². The third-order valence-electron chi connectivity index (χ3n) is 2.48. The summed E-state index contributed by atoms with van der Waals surface area (Å²) in [6, 6.07) is 0.0174. The maximum atomic E-state index is 11.6. The number of hydrogen-bond acceptors (Lipinski definition) is 3. The first-order valence-electron chi connectivity index (χ1n) is 5.83. The van der Waals surface area contributed by atoms with Gasteiger partial charge >= 0.3 is 12.1 Å². The summed E-state index contributed by atoms with van der Waals surface area (Å²) in [6.45, 7) is 4.86. The van der Waals surface area contributed by atoms with Gasteiger partial charge in [-0.1, -0.05) is 0 Å². The van der Waals surface area contributed by atoms with Crippen molar-refractivity contribution in [3.63, 3.8) is 0 Å². The molecule has 0 saturated carbocycles. The van der Waals surface area contributed by atoms with E-state index in [2.05, 4.69) is 5.32 Å². The van der Waals surface area contributed by atoms with Crippen molar-refractivity contribution >= 4 is 12.1 Å². The average Bonchev–Trinajstić information content (AvgIpc) is 2.63. The van der Waals surface area contributed by atoms with E-state index in [1.54, 1.807) is 19.0 Å². The minimum Gasteiger partial charge on any atom is -0.444 e. The van der Waals surface area contributed by atoms with E-state index < -0.39 is 6.09 Å². The summed E-state index contributed by atoms with van der Waals surface area (Å²) in [5, 5.41) is 2.66. The van der Waals surface area contributed by atoms with E-state index in [1.807, 2.05) is 13.8 Å². The molecule has 0 aliphatic carbocycles. The molecule has 1 atom stereocenters. The van der Waals surface area contributed by atoms with Crippen molar-refractivity contribution in [3.8, 4) is 0 Å². The molecule has 0 spiro atoms. The van der Waals surface area contributed by atoms with Gasteiger partial charge in [-0.3, -0.25) is 0 Å².